The van der Waals surface area contributed by atoms with Crippen LogP contribution >= 0.6 is 0 Å². The topological polar surface area (TPSA) is 46.3 Å². The van der Waals surface area contributed by atoms with Gasteiger partial charge in [0.25, 0.3) is 6.43 Å². The maximum Gasteiger partial charge on any atom is 0.255 e. The predicted molar refractivity (Wildman–Crippen MR) is 62.8 cm³/mol. The molecule has 17 heavy (non-hydrogen) atoms. The molecule has 1 aliphatic carbocycles. The van der Waals surface area contributed by atoms with Crippen molar-refractivity contribution in [2.45, 2.75) is 45.5 Å². The Bertz CT molecular complexity index is 253. The second-order valence-corrected chi connectivity index (χ2v) is 4.77. The van der Waals surface area contributed by atoms with Crippen molar-refractivity contribution in [3.05, 3.63) is 0 Å². The second kappa shape index (κ2) is 6.28. The van der Waals surface area contributed by atoms with Crippen LogP contribution in [0.15, 0.2) is 0 Å². The SMILES string of the molecule is CCC1(C(=O)N(CCN)CC(F)F)CCCC1. The highest BCUT2D eigenvalue weighted by Crippen LogP contribution is 2.42. The van der Waals surface area contributed by atoms with Gasteiger partial charge in [0.15, 0.2) is 0 Å². The van der Waals surface area contributed by atoms with Gasteiger partial charge in [-0.15, -0.1) is 0 Å². The average Bonchev–Trinajstić information content (AvgIpc) is 2.76. The fourth-order valence-electron chi connectivity index (χ4n) is 2.70. The van der Waals surface area contributed by atoms with E-state index in [0.717, 1.165) is 32.1 Å². The van der Waals surface area contributed by atoms with Crippen molar-refractivity contribution in [2.24, 2.45) is 11.1 Å². The Morgan fingerprint density at radius 3 is 2.41 bits per heavy atom. The van der Waals surface area contributed by atoms with Crippen LogP contribution in [0.1, 0.15) is 39.0 Å². The van der Waals surface area contributed by atoms with E-state index in [1.54, 1.807) is 0 Å². The summed E-state index contributed by atoms with van der Waals surface area (Å²) in [4.78, 5) is 13.6. The third-order valence-corrected chi connectivity index (χ3v) is 3.74. The smallest absolute Gasteiger partial charge is 0.255 e. The molecule has 0 heterocycles. The van der Waals surface area contributed by atoms with E-state index in [1.807, 2.05) is 6.92 Å². The molecule has 0 aliphatic heterocycles. The molecule has 1 rings (SSSR count). The number of alkyl halides is 2. The van der Waals surface area contributed by atoms with E-state index in [0.29, 0.717) is 0 Å². The van der Waals surface area contributed by atoms with Gasteiger partial charge in [0.1, 0.15) is 0 Å². The van der Waals surface area contributed by atoms with E-state index < -0.39 is 18.4 Å². The quantitative estimate of drug-likeness (QED) is 0.781. The Labute approximate surface area is 101 Å². The summed E-state index contributed by atoms with van der Waals surface area (Å²) in [6, 6.07) is 0. The molecule has 0 saturated heterocycles. The number of amides is 1. The van der Waals surface area contributed by atoms with Gasteiger partial charge in [-0.25, -0.2) is 8.78 Å². The molecular formula is C12H22F2N2O. The lowest BCUT2D eigenvalue weighted by atomic mass is 9.82. The van der Waals surface area contributed by atoms with Gasteiger partial charge in [-0.05, 0) is 19.3 Å². The van der Waals surface area contributed by atoms with Crippen molar-refractivity contribution in [1.82, 2.24) is 4.90 Å². The van der Waals surface area contributed by atoms with Crippen molar-refractivity contribution in [2.75, 3.05) is 19.6 Å². The molecule has 0 aromatic carbocycles. The largest absolute Gasteiger partial charge is 0.335 e. The molecule has 1 aliphatic rings. The molecule has 3 nitrogen and oxygen atoms in total. The molecule has 100 valence electrons. The summed E-state index contributed by atoms with van der Waals surface area (Å²) in [5.41, 5.74) is 4.99. The molecule has 0 atom stereocenters. The lowest BCUT2D eigenvalue weighted by Crippen LogP contribution is -2.46. The third kappa shape index (κ3) is 3.37. The van der Waals surface area contributed by atoms with Gasteiger partial charge in [0, 0.05) is 18.5 Å². The molecule has 0 aromatic heterocycles. The first-order valence-corrected chi connectivity index (χ1v) is 6.33. The molecule has 1 saturated carbocycles. The number of rotatable bonds is 6. The number of carbonyl (C=O) groups excluding carboxylic acids is 1. The zero-order valence-corrected chi connectivity index (χ0v) is 10.4. The Morgan fingerprint density at radius 1 is 1.41 bits per heavy atom. The van der Waals surface area contributed by atoms with Crippen LogP contribution in [0.25, 0.3) is 0 Å². The maximum absolute atomic E-state index is 12.4. The third-order valence-electron chi connectivity index (χ3n) is 3.74. The zero-order valence-electron chi connectivity index (χ0n) is 10.4. The molecular weight excluding hydrogens is 226 g/mol. The first-order chi connectivity index (χ1) is 8.05. The van der Waals surface area contributed by atoms with Crippen LogP contribution in [-0.4, -0.2) is 36.9 Å². The standard InChI is InChI=1S/C12H22F2N2O/c1-2-12(5-3-4-6-12)11(17)16(8-7-15)9-10(13)14/h10H,2-9,15H2,1H3. The molecule has 1 fully saturated rings. The summed E-state index contributed by atoms with van der Waals surface area (Å²) in [7, 11) is 0. The minimum atomic E-state index is -2.49. The van der Waals surface area contributed by atoms with Crippen molar-refractivity contribution < 1.29 is 13.6 Å². The predicted octanol–water partition coefficient (Wildman–Crippen LogP) is 2.01. The lowest BCUT2D eigenvalue weighted by molar-refractivity contribution is -0.144. The van der Waals surface area contributed by atoms with E-state index in [-0.39, 0.29) is 19.0 Å². The molecule has 0 unspecified atom stereocenters. The van der Waals surface area contributed by atoms with Crippen LogP contribution in [0.4, 0.5) is 8.78 Å². The van der Waals surface area contributed by atoms with Crippen LogP contribution in [0.3, 0.4) is 0 Å². The normalized spacial score (nSPS) is 18.6. The van der Waals surface area contributed by atoms with Crippen LogP contribution < -0.4 is 5.73 Å². The fraction of sp³-hybridized carbons (Fsp3) is 0.917. The van der Waals surface area contributed by atoms with E-state index in [1.165, 1.54) is 4.90 Å². The summed E-state index contributed by atoms with van der Waals surface area (Å²) in [6.45, 7) is 1.94. The van der Waals surface area contributed by atoms with E-state index in [4.69, 9.17) is 5.73 Å². The van der Waals surface area contributed by atoms with Gasteiger partial charge >= 0.3 is 0 Å². The van der Waals surface area contributed by atoms with Gasteiger partial charge in [0.05, 0.1) is 6.54 Å². The summed E-state index contributed by atoms with van der Waals surface area (Å²) >= 11 is 0. The Morgan fingerprint density at radius 2 is 2.00 bits per heavy atom. The average molecular weight is 248 g/mol. The molecule has 0 spiro atoms. The minimum absolute atomic E-state index is 0.122. The molecule has 2 N–H and O–H groups in total. The van der Waals surface area contributed by atoms with E-state index in [2.05, 4.69) is 0 Å². The molecule has 0 radical (unpaired) electrons. The highest BCUT2D eigenvalue weighted by molar-refractivity contribution is 5.83. The minimum Gasteiger partial charge on any atom is -0.335 e. The lowest BCUT2D eigenvalue weighted by Gasteiger charge is -2.33. The highest BCUT2D eigenvalue weighted by atomic mass is 19.3. The van der Waals surface area contributed by atoms with Gasteiger partial charge in [-0.3, -0.25) is 4.79 Å². The monoisotopic (exact) mass is 248 g/mol. The Balaban J connectivity index is 2.74. The number of carbonyl (C=O) groups is 1. The van der Waals surface area contributed by atoms with Gasteiger partial charge in [-0.2, -0.15) is 0 Å². The van der Waals surface area contributed by atoms with E-state index in [9.17, 15) is 13.6 Å². The number of halogens is 2. The molecule has 5 heteroatoms. The van der Waals surface area contributed by atoms with Crippen molar-refractivity contribution in [3.63, 3.8) is 0 Å². The van der Waals surface area contributed by atoms with Gasteiger partial charge < -0.3 is 10.6 Å². The molecule has 1 amide bonds. The van der Waals surface area contributed by atoms with Crippen LogP contribution in [0.2, 0.25) is 0 Å². The van der Waals surface area contributed by atoms with Crippen molar-refractivity contribution in [1.29, 1.82) is 0 Å². The van der Waals surface area contributed by atoms with Crippen molar-refractivity contribution >= 4 is 5.91 Å². The highest BCUT2D eigenvalue weighted by Gasteiger charge is 2.42. The molecule has 0 aromatic rings. The number of nitrogens with two attached hydrogens (primary N) is 1. The number of hydrogen-bond donors (Lipinski definition) is 1. The number of nitrogens with zero attached hydrogens (tertiary/aromatic N) is 1. The summed E-state index contributed by atoms with van der Waals surface area (Å²) < 4.78 is 24.9. The first-order valence-electron chi connectivity index (χ1n) is 6.33. The zero-order chi connectivity index (χ0) is 12.9. The van der Waals surface area contributed by atoms with Crippen LogP contribution in [0.5, 0.6) is 0 Å². The van der Waals surface area contributed by atoms with Crippen molar-refractivity contribution in [3.8, 4) is 0 Å². The Kier molecular flexibility index (Phi) is 5.31. The summed E-state index contributed by atoms with van der Waals surface area (Å²) in [6.07, 6.45) is 1.94. The maximum atomic E-state index is 12.4. The van der Waals surface area contributed by atoms with Gasteiger partial charge in [0.2, 0.25) is 5.91 Å². The summed E-state index contributed by atoms with van der Waals surface area (Å²) in [5.74, 6) is -0.122. The Hall–Kier alpha value is -0.710. The summed E-state index contributed by atoms with van der Waals surface area (Å²) in [5, 5.41) is 0. The second-order valence-electron chi connectivity index (χ2n) is 4.77. The van der Waals surface area contributed by atoms with Crippen LogP contribution in [0, 0.1) is 5.41 Å². The van der Waals surface area contributed by atoms with Crippen LogP contribution in [-0.2, 0) is 4.79 Å². The molecule has 0 bridgehead atoms. The fourth-order valence-corrected chi connectivity index (χ4v) is 2.70. The number of hydrogen-bond acceptors (Lipinski definition) is 2. The van der Waals surface area contributed by atoms with E-state index >= 15 is 0 Å². The first kappa shape index (κ1) is 14.4. The van der Waals surface area contributed by atoms with Gasteiger partial charge in [-0.1, -0.05) is 19.8 Å².